The number of nitrogens with one attached hydrogen (secondary N) is 1. The molecule has 3 heteroatoms. The van der Waals surface area contributed by atoms with Gasteiger partial charge in [0, 0.05) is 19.1 Å². The van der Waals surface area contributed by atoms with Crippen molar-refractivity contribution in [3.8, 4) is 0 Å². The summed E-state index contributed by atoms with van der Waals surface area (Å²) < 4.78 is 0. The summed E-state index contributed by atoms with van der Waals surface area (Å²) in [7, 11) is 0. The summed E-state index contributed by atoms with van der Waals surface area (Å²) in [5, 5.41) is 11.8. The van der Waals surface area contributed by atoms with E-state index in [0.29, 0.717) is 0 Å². The summed E-state index contributed by atoms with van der Waals surface area (Å²) in [6.07, 6.45) is 12.7. The van der Waals surface area contributed by atoms with Gasteiger partial charge in [-0.3, -0.25) is 4.79 Å². The van der Waals surface area contributed by atoms with Gasteiger partial charge in [-0.25, -0.2) is 0 Å². The first-order valence-corrected chi connectivity index (χ1v) is 8.66. The number of aliphatic hydroxyl groups excluding tert-OH is 1. The molecule has 118 valence electrons. The first-order valence-electron chi connectivity index (χ1n) is 8.66. The molecule has 0 saturated heterocycles. The van der Waals surface area contributed by atoms with Gasteiger partial charge in [0.25, 0.3) is 0 Å². The minimum Gasteiger partial charge on any atom is -0.396 e. The van der Waals surface area contributed by atoms with Gasteiger partial charge in [-0.2, -0.15) is 0 Å². The second kappa shape index (κ2) is 11.1. The molecule has 0 aromatic carbocycles. The lowest BCUT2D eigenvalue weighted by molar-refractivity contribution is -0.126. The maximum Gasteiger partial charge on any atom is 0.223 e. The third kappa shape index (κ3) is 7.28. The van der Waals surface area contributed by atoms with Crippen molar-refractivity contribution in [2.45, 2.75) is 77.6 Å². The van der Waals surface area contributed by atoms with E-state index < -0.39 is 0 Å². The van der Waals surface area contributed by atoms with E-state index in [0.717, 1.165) is 51.0 Å². The van der Waals surface area contributed by atoms with Crippen molar-refractivity contribution in [2.75, 3.05) is 13.2 Å². The van der Waals surface area contributed by atoms with Crippen molar-refractivity contribution < 1.29 is 9.90 Å². The summed E-state index contributed by atoms with van der Waals surface area (Å²) in [5.74, 6) is 1.42. The summed E-state index contributed by atoms with van der Waals surface area (Å²) in [6, 6.07) is 0. The van der Waals surface area contributed by atoms with Crippen molar-refractivity contribution in [2.24, 2.45) is 11.8 Å². The molecule has 0 aliphatic heterocycles. The lowest BCUT2D eigenvalue weighted by Crippen LogP contribution is -2.33. The van der Waals surface area contributed by atoms with Crippen molar-refractivity contribution >= 4 is 5.91 Å². The number of hydrogen-bond acceptors (Lipinski definition) is 2. The summed E-state index contributed by atoms with van der Waals surface area (Å²) in [6.45, 7) is 3.34. The fourth-order valence-corrected chi connectivity index (χ4v) is 3.15. The van der Waals surface area contributed by atoms with Gasteiger partial charge in [0.2, 0.25) is 5.91 Å². The van der Waals surface area contributed by atoms with Crippen molar-refractivity contribution in [3.05, 3.63) is 0 Å². The lowest BCUT2D eigenvalue weighted by Gasteiger charge is -2.27. The molecule has 0 bridgehead atoms. The zero-order valence-corrected chi connectivity index (χ0v) is 13.2. The first kappa shape index (κ1) is 17.5. The van der Waals surface area contributed by atoms with Gasteiger partial charge < -0.3 is 10.4 Å². The predicted octanol–water partition coefficient (Wildman–Crippen LogP) is 3.65. The number of hydrogen-bond donors (Lipinski definition) is 2. The maximum absolute atomic E-state index is 12.1. The standard InChI is InChI=1S/C17H33NO2/c1-2-3-8-15-9-11-16(12-10-15)17(20)18-13-6-4-5-7-14-19/h15-16,19H,2-14H2,1H3,(H,18,20). The van der Waals surface area contributed by atoms with Crippen LogP contribution in [0.1, 0.15) is 77.6 Å². The Kier molecular flexibility index (Phi) is 9.73. The Bertz CT molecular complexity index is 247. The molecule has 0 spiro atoms. The number of carbonyl (C=O) groups is 1. The second-order valence-electron chi connectivity index (χ2n) is 6.29. The van der Waals surface area contributed by atoms with Gasteiger partial charge in [-0.15, -0.1) is 0 Å². The molecule has 0 unspecified atom stereocenters. The Hall–Kier alpha value is -0.570. The van der Waals surface area contributed by atoms with Crippen LogP contribution >= 0.6 is 0 Å². The Labute approximate surface area is 124 Å². The molecule has 1 saturated carbocycles. The third-order valence-electron chi connectivity index (χ3n) is 4.57. The molecule has 2 N–H and O–H groups in total. The van der Waals surface area contributed by atoms with Crippen LogP contribution in [0.5, 0.6) is 0 Å². The highest BCUT2D eigenvalue weighted by atomic mass is 16.2. The smallest absolute Gasteiger partial charge is 0.223 e. The third-order valence-corrected chi connectivity index (χ3v) is 4.57. The molecular formula is C17H33NO2. The highest BCUT2D eigenvalue weighted by Crippen LogP contribution is 2.31. The zero-order chi connectivity index (χ0) is 14.6. The second-order valence-corrected chi connectivity index (χ2v) is 6.29. The normalized spacial score (nSPS) is 22.7. The minimum absolute atomic E-state index is 0.269. The maximum atomic E-state index is 12.1. The highest BCUT2D eigenvalue weighted by molar-refractivity contribution is 5.78. The van der Waals surface area contributed by atoms with Crippen LogP contribution in [-0.4, -0.2) is 24.2 Å². The quantitative estimate of drug-likeness (QED) is 0.601. The van der Waals surface area contributed by atoms with Gasteiger partial charge in [0.05, 0.1) is 0 Å². The molecule has 0 aromatic heterocycles. The van der Waals surface area contributed by atoms with Crippen molar-refractivity contribution in [3.63, 3.8) is 0 Å². The van der Waals surface area contributed by atoms with Crippen LogP contribution in [0.3, 0.4) is 0 Å². The molecule has 0 atom stereocenters. The van der Waals surface area contributed by atoms with E-state index in [9.17, 15) is 4.79 Å². The predicted molar refractivity (Wildman–Crippen MR) is 83.5 cm³/mol. The number of unbranched alkanes of at least 4 members (excludes halogenated alkanes) is 4. The van der Waals surface area contributed by atoms with E-state index >= 15 is 0 Å². The van der Waals surface area contributed by atoms with Gasteiger partial charge in [0.1, 0.15) is 0 Å². The first-order chi connectivity index (χ1) is 9.77. The number of aliphatic hydroxyl groups is 1. The monoisotopic (exact) mass is 283 g/mol. The van der Waals surface area contributed by atoms with Crippen LogP contribution in [-0.2, 0) is 4.79 Å². The molecule has 0 heterocycles. The Morgan fingerprint density at radius 1 is 1.05 bits per heavy atom. The van der Waals surface area contributed by atoms with Crippen LogP contribution in [0.4, 0.5) is 0 Å². The van der Waals surface area contributed by atoms with Crippen molar-refractivity contribution in [1.29, 1.82) is 0 Å². The average Bonchev–Trinajstić information content (AvgIpc) is 2.49. The molecule has 20 heavy (non-hydrogen) atoms. The fraction of sp³-hybridized carbons (Fsp3) is 0.941. The minimum atomic E-state index is 0.269. The topological polar surface area (TPSA) is 49.3 Å². The summed E-state index contributed by atoms with van der Waals surface area (Å²) in [4.78, 5) is 12.1. The molecule has 3 nitrogen and oxygen atoms in total. The number of carbonyl (C=O) groups excluding carboxylic acids is 1. The van der Waals surface area contributed by atoms with Gasteiger partial charge in [0.15, 0.2) is 0 Å². The molecule has 1 aliphatic rings. The molecule has 1 aliphatic carbocycles. The van der Waals surface area contributed by atoms with E-state index in [-0.39, 0.29) is 18.4 Å². The van der Waals surface area contributed by atoms with Crippen LogP contribution in [0.2, 0.25) is 0 Å². The van der Waals surface area contributed by atoms with Crippen LogP contribution in [0.15, 0.2) is 0 Å². The van der Waals surface area contributed by atoms with Gasteiger partial charge >= 0.3 is 0 Å². The Balaban J connectivity index is 2.04. The van der Waals surface area contributed by atoms with E-state index in [1.807, 2.05) is 0 Å². The van der Waals surface area contributed by atoms with Crippen LogP contribution in [0.25, 0.3) is 0 Å². The molecule has 1 amide bonds. The largest absolute Gasteiger partial charge is 0.396 e. The number of amides is 1. The molecule has 1 fully saturated rings. The SMILES string of the molecule is CCCCC1CCC(C(=O)NCCCCCCO)CC1. The molecular weight excluding hydrogens is 250 g/mol. The van der Waals surface area contributed by atoms with E-state index in [1.165, 1.54) is 32.1 Å². The Morgan fingerprint density at radius 3 is 2.40 bits per heavy atom. The van der Waals surface area contributed by atoms with Gasteiger partial charge in [-0.1, -0.05) is 39.0 Å². The zero-order valence-electron chi connectivity index (χ0n) is 13.2. The van der Waals surface area contributed by atoms with Crippen LogP contribution < -0.4 is 5.32 Å². The lowest BCUT2D eigenvalue weighted by atomic mass is 9.79. The molecule has 0 radical (unpaired) electrons. The van der Waals surface area contributed by atoms with E-state index in [4.69, 9.17) is 5.11 Å². The van der Waals surface area contributed by atoms with Crippen molar-refractivity contribution in [1.82, 2.24) is 5.32 Å². The Morgan fingerprint density at radius 2 is 1.75 bits per heavy atom. The molecule has 0 aromatic rings. The summed E-state index contributed by atoms with van der Waals surface area (Å²) in [5.41, 5.74) is 0. The average molecular weight is 283 g/mol. The number of rotatable bonds is 10. The molecule has 1 rings (SSSR count). The highest BCUT2D eigenvalue weighted by Gasteiger charge is 2.25. The summed E-state index contributed by atoms with van der Waals surface area (Å²) >= 11 is 0. The van der Waals surface area contributed by atoms with Gasteiger partial charge in [-0.05, 0) is 44.4 Å². The van der Waals surface area contributed by atoms with Crippen LogP contribution in [0, 0.1) is 11.8 Å². The fourth-order valence-electron chi connectivity index (χ4n) is 3.15. The van der Waals surface area contributed by atoms with E-state index in [2.05, 4.69) is 12.2 Å². The van der Waals surface area contributed by atoms with E-state index in [1.54, 1.807) is 0 Å².